The van der Waals surface area contributed by atoms with Gasteiger partial charge in [-0.15, -0.1) is 6.58 Å². The molecule has 1 rings (SSSR count). The lowest BCUT2D eigenvalue weighted by Gasteiger charge is -2.49. The van der Waals surface area contributed by atoms with Crippen LogP contribution in [-0.4, -0.2) is 36.6 Å². The van der Waals surface area contributed by atoms with Crippen molar-refractivity contribution in [3.63, 3.8) is 0 Å². The molecule has 100 valence electrons. The Morgan fingerprint density at radius 3 is 2.18 bits per heavy atom. The van der Waals surface area contributed by atoms with Gasteiger partial charge >= 0.3 is 0 Å². The van der Waals surface area contributed by atoms with Crippen LogP contribution in [0.2, 0.25) is 0 Å². The molecule has 2 unspecified atom stereocenters. The fraction of sp³-hybridized carbons (Fsp3) is 0.867. The SMILES string of the molecule is C=CCN1CC(C(C)(C)C)NCC1C(C)(C)C. The van der Waals surface area contributed by atoms with Gasteiger partial charge in [-0.3, -0.25) is 4.90 Å². The van der Waals surface area contributed by atoms with Crippen LogP contribution in [0.3, 0.4) is 0 Å². The van der Waals surface area contributed by atoms with E-state index in [1.165, 1.54) is 0 Å². The van der Waals surface area contributed by atoms with Crippen LogP contribution in [0.4, 0.5) is 0 Å². The summed E-state index contributed by atoms with van der Waals surface area (Å²) in [5, 5.41) is 3.73. The highest BCUT2D eigenvalue weighted by molar-refractivity contribution is 4.97. The van der Waals surface area contributed by atoms with Gasteiger partial charge in [0.05, 0.1) is 0 Å². The van der Waals surface area contributed by atoms with Gasteiger partial charge in [-0.1, -0.05) is 47.6 Å². The van der Waals surface area contributed by atoms with E-state index in [0.29, 0.717) is 22.9 Å². The van der Waals surface area contributed by atoms with Gasteiger partial charge < -0.3 is 5.32 Å². The van der Waals surface area contributed by atoms with Crippen molar-refractivity contribution in [1.29, 1.82) is 0 Å². The molecule has 1 N–H and O–H groups in total. The van der Waals surface area contributed by atoms with Gasteiger partial charge in [-0.2, -0.15) is 0 Å². The van der Waals surface area contributed by atoms with E-state index in [0.717, 1.165) is 19.6 Å². The molecule has 1 saturated heterocycles. The molecule has 0 bridgehead atoms. The van der Waals surface area contributed by atoms with Crippen LogP contribution < -0.4 is 5.32 Å². The van der Waals surface area contributed by atoms with E-state index in [4.69, 9.17) is 0 Å². The third-order valence-electron chi connectivity index (χ3n) is 3.82. The summed E-state index contributed by atoms with van der Waals surface area (Å²) in [6.07, 6.45) is 2.03. The van der Waals surface area contributed by atoms with Crippen LogP contribution in [0.1, 0.15) is 41.5 Å². The zero-order chi connectivity index (χ0) is 13.3. The minimum atomic E-state index is 0.318. The number of hydrogen-bond donors (Lipinski definition) is 1. The Hall–Kier alpha value is -0.340. The van der Waals surface area contributed by atoms with Gasteiger partial charge in [-0.05, 0) is 10.8 Å². The van der Waals surface area contributed by atoms with E-state index in [9.17, 15) is 0 Å². The normalized spacial score (nSPS) is 28.1. The molecule has 0 aromatic carbocycles. The Balaban J connectivity index is 2.78. The Morgan fingerprint density at radius 2 is 1.76 bits per heavy atom. The van der Waals surface area contributed by atoms with Crippen LogP contribution in [0.25, 0.3) is 0 Å². The molecule has 0 radical (unpaired) electrons. The van der Waals surface area contributed by atoms with Gasteiger partial charge in [0.15, 0.2) is 0 Å². The van der Waals surface area contributed by atoms with E-state index < -0.39 is 0 Å². The van der Waals surface area contributed by atoms with Crippen molar-refractivity contribution >= 4 is 0 Å². The minimum absolute atomic E-state index is 0.318. The van der Waals surface area contributed by atoms with Gasteiger partial charge in [0.1, 0.15) is 0 Å². The second kappa shape index (κ2) is 5.11. The molecular weight excluding hydrogens is 208 g/mol. The summed E-state index contributed by atoms with van der Waals surface area (Å²) in [4.78, 5) is 2.58. The fourth-order valence-corrected chi connectivity index (χ4v) is 2.61. The highest BCUT2D eigenvalue weighted by Crippen LogP contribution is 2.30. The zero-order valence-corrected chi connectivity index (χ0v) is 12.5. The number of nitrogens with zero attached hydrogens (tertiary/aromatic N) is 1. The summed E-state index contributed by atoms with van der Waals surface area (Å²) in [5.41, 5.74) is 0.640. The van der Waals surface area contributed by atoms with Crippen molar-refractivity contribution < 1.29 is 0 Å². The molecule has 0 aliphatic carbocycles. The summed E-state index contributed by atoms with van der Waals surface area (Å²) in [7, 11) is 0. The first-order chi connectivity index (χ1) is 7.66. The largest absolute Gasteiger partial charge is 0.311 e. The van der Waals surface area contributed by atoms with Crippen LogP contribution in [-0.2, 0) is 0 Å². The molecule has 1 heterocycles. The maximum absolute atomic E-state index is 3.90. The fourth-order valence-electron chi connectivity index (χ4n) is 2.61. The quantitative estimate of drug-likeness (QED) is 0.744. The second-order valence-electron chi connectivity index (χ2n) is 7.45. The van der Waals surface area contributed by atoms with Gasteiger partial charge in [0.25, 0.3) is 0 Å². The minimum Gasteiger partial charge on any atom is -0.311 e. The van der Waals surface area contributed by atoms with Crippen LogP contribution in [0.5, 0.6) is 0 Å². The molecular formula is C15H30N2. The lowest BCUT2D eigenvalue weighted by atomic mass is 9.79. The lowest BCUT2D eigenvalue weighted by molar-refractivity contribution is 0.0392. The van der Waals surface area contributed by atoms with Gasteiger partial charge in [0, 0.05) is 31.7 Å². The van der Waals surface area contributed by atoms with Crippen molar-refractivity contribution in [3.8, 4) is 0 Å². The molecule has 2 atom stereocenters. The zero-order valence-electron chi connectivity index (χ0n) is 12.5. The monoisotopic (exact) mass is 238 g/mol. The Kier molecular flexibility index (Phi) is 4.43. The number of rotatable bonds is 2. The van der Waals surface area contributed by atoms with Crippen LogP contribution >= 0.6 is 0 Å². The first-order valence-electron chi connectivity index (χ1n) is 6.74. The molecule has 1 aliphatic heterocycles. The average Bonchev–Trinajstić information content (AvgIpc) is 2.15. The maximum Gasteiger partial charge on any atom is 0.0273 e. The smallest absolute Gasteiger partial charge is 0.0273 e. The van der Waals surface area contributed by atoms with Crippen LogP contribution in [0.15, 0.2) is 12.7 Å². The second-order valence-corrected chi connectivity index (χ2v) is 7.45. The number of piperazine rings is 1. The first kappa shape index (κ1) is 14.7. The van der Waals surface area contributed by atoms with Crippen molar-refractivity contribution in [2.45, 2.75) is 53.6 Å². The third-order valence-corrected chi connectivity index (χ3v) is 3.82. The van der Waals surface area contributed by atoms with Crippen LogP contribution in [0, 0.1) is 10.8 Å². The van der Waals surface area contributed by atoms with Crippen molar-refractivity contribution in [2.24, 2.45) is 10.8 Å². The summed E-state index contributed by atoms with van der Waals surface area (Å²) < 4.78 is 0. The topological polar surface area (TPSA) is 15.3 Å². The molecule has 0 saturated carbocycles. The summed E-state index contributed by atoms with van der Waals surface area (Å²) >= 11 is 0. The van der Waals surface area contributed by atoms with Crippen molar-refractivity contribution in [3.05, 3.63) is 12.7 Å². The molecule has 0 aromatic heterocycles. The van der Waals surface area contributed by atoms with E-state index in [2.05, 4.69) is 58.3 Å². The lowest BCUT2D eigenvalue weighted by Crippen LogP contribution is -2.63. The van der Waals surface area contributed by atoms with Crippen molar-refractivity contribution in [1.82, 2.24) is 10.2 Å². The summed E-state index contributed by atoms with van der Waals surface area (Å²) in [6, 6.07) is 1.17. The predicted molar refractivity (Wildman–Crippen MR) is 76.3 cm³/mol. The Labute approximate surface area is 107 Å². The molecule has 1 aliphatic rings. The summed E-state index contributed by atoms with van der Waals surface area (Å²) in [5.74, 6) is 0. The Bertz CT molecular complexity index is 257. The van der Waals surface area contributed by atoms with E-state index >= 15 is 0 Å². The molecule has 17 heavy (non-hydrogen) atoms. The first-order valence-corrected chi connectivity index (χ1v) is 6.74. The molecule has 0 aromatic rings. The van der Waals surface area contributed by atoms with Gasteiger partial charge in [0.2, 0.25) is 0 Å². The highest BCUT2D eigenvalue weighted by Gasteiger charge is 2.38. The number of nitrogens with one attached hydrogen (secondary N) is 1. The average molecular weight is 238 g/mol. The van der Waals surface area contributed by atoms with Crippen molar-refractivity contribution in [2.75, 3.05) is 19.6 Å². The Morgan fingerprint density at radius 1 is 1.18 bits per heavy atom. The molecule has 0 spiro atoms. The van der Waals surface area contributed by atoms with E-state index in [1.54, 1.807) is 0 Å². The van der Waals surface area contributed by atoms with Gasteiger partial charge in [-0.25, -0.2) is 0 Å². The number of hydrogen-bond acceptors (Lipinski definition) is 2. The third kappa shape index (κ3) is 3.82. The maximum atomic E-state index is 3.90. The standard InChI is InChI=1S/C15H30N2/c1-8-9-17-11-12(14(2,3)4)16-10-13(17)15(5,6)7/h8,12-13,16H,1,9-11H2,2-7H3. The molecule has 2 heteroatoms. The molecule has 2 nitrogen and oxygen atoms in total. The van der Waals surface area contributed by atoms with E-state index in [-0.39, 0.29) is 0 Å². The molecule has 1 fully saturated rings. The van der Waals surface area contributed by atoms with E-state index in [1.807, 2.05) is 6.08 Å². The highest BCUT2D eigenvalue weighted by atomic mass is 15.2. The molecule has 0 amide bonds. The predicted octanol–water partition coefficient (Wildman–Crippen LogP) is 2.91. The summed E-state index contributed by atoms with van der Waals surface area (Å²) in [6.45, 7) is 21.0.